The van der Waals surface area contributed by atoms with E-state index < -0.39 is 21.7 Å². The van der Waals surface area contributed by atoms with Gasteiger partial charge in [-0.15, -0.1) is 0 Å². The van der Waals surface area contributed by atoms with E-state index in [9.17, 15) is 17.2 Å². The SMILES string of the molecule is O=S(=O)(NCc1cc(F)cc(F)c1)c1ccc(NC(=S)NCc2ccncc2)cc1. The first-order valence-electron chi connectivity index (χ1n) is 8.80. The molecular formula is C20H18F2N4O2S2. The number of hydrogen-bond donors (Lipinski definition) is 3. The largest absolute Gasteiger partial charge is 0.358 e. The van der Waals surface area contributed by atoms with Crippen molar-refractivity contribution in [1.29, 1.82) is 0 Å². The third kappa shape index (κ3) is 6.28. The molecule has 10 heteroatoms. The lowest BCUT2D eigenvalue weighted by atomic mass is 10.2. The summed E-state index contributed by atoms with van der Waals surface area (Å²) in [7, 11) is -3.85. The lowest BCUT2D eigenvalue weighted by Gasteiger charge is -2.12. The van der Waals surface area contributed by atoms with Crippen molar-refractivity contribution in [2.75, 3.05) is 5.32 Å². The first kappa shape index (κ1) is 21.8. The monoisotopic (exact) mass is 448 g/mol. The summed E-state index contributed by atoms with van der Waals surface area (Å²) in [6.45, 7) is 0.283. The highest BCUT2D eigenvalue weighted by molar-refractivity contribution is 7.89. The molecule has 0 spiro atoms. The van der Waals surface area contributed by atoms with E-state index in [1.54, 1.807) is 24.5 Å². The highest BCUT2D eigenvalue weighted by Crippen LogP contribution is 2.15. The average Bonchev–Trinajstić information content (AvgIpc) is 2.71. The Hall–Kier alpha value is -2.95. The van der Waals surface area contributed by atoms with E-state index in [2.05, 4.69) is 20.3 Å². The molecule has 0 bridgehead atoms. The molecule has 0 aliphatic carbocycles. The summed E-state index contributed by atoms with van der Waals surface area (Å²) >= 11 is 5.23. The maximum Gasteiger partial charge on any atom is 0.240 e. The molecular weight excluding hydrogens is 430 g/mol. The molecule has 0 saturated heterocycles. The van der Waals surface area contributed by atoms with E-state index in [1.807, 2.05) is 12.1 Å². The van der Waals surface area contributed by atoms with Gasteiger partial charge in [-0.1, -0.05) is 0 Å². The van der Waals surface area contributed by atoms with Crippen molar-refractivity contribution < 1.29 is 17.2 Å². The Balaban J connectivity index is 1.56. The fraction of sp³-hybridized carbons (Fsp3) is 0.100. The number of anilines is 1. The van der Waals surface area contributed by atoms with Gasteiger partial charge in [0.1, 0.15) is 11.6 Å². The number of pyridine rings is 1. The van der Waals surface area contributed by atoms with Crippen LogP contribution in [0.15, 0.2) is 71.9 Å². The predicted molar refractivity (Wildman–Crippen MR) is 114 cm³/mol. The number of hydrogen-bond acceptors (Lipinski definition) is 4. The van der Waals surface area contributed by atoms with Crippen LogP contribution >= 0.6 is 12.2 Å². The first-order chi connectivity index (χ1) is 14.3. The number of nitrogens with zero attached hydrogens (tertiary/aromatic N) is 1. The van der Waals surface area contributed by atoms with Crippen molar-refractivity contribution in [3.63, 3.8) is 0 Å². The number of aromatic nitrogens is 1. The molecule has 0 radical (unpaired) electrons. The normalized spacial score (nSPS) is 11.1. The molecule has 3 N–H and O–H groups in total. The number of sulfonamides is 1. The molecule has 0 saturated carbocycles. The fourth-order valence-electron chi connectivity index (χ4n) is 2.55. The predicted octanol–water partition coefficient (Wildman–Crippen LogP) is 3.32. The fourth-order valence-corrected chi connectivity index (χ4v) is 3.76. The van der Waals surface area contributed by atoms with E-state index in [0.717, 1.165) is 23.8 Å². The van der Waals surface area contributed by atoms with Crippen LogP contribution < -0.4 is 15.4 Å². The third-order valence-electron chi connectivity index (χ3n) is 4.01. The molecule has 0 amide bonds. The molecule has 6 nitrogen and oxygen atoms in total. The van der Waals surface area contributed by atoms with Crippen LogP contribution in [0, 0.1) is 11.6 Å². The Labute approximate surface area is 178 Å². The van der Waals surface area contributed by atoms with Gasteiger partial charge in [-0.25, -0.2) is 21.9 Å². The maximum atomic E-state index is 13.2. The zero-order valence-electron chi connectivity index (χ0n) is 15.6. The van der Waals surface area contributed by atoms with Crippen LogP contribution in [-0.2, 0) is 23.1 Å². The van der Waals surface area contributed by atoms with Gasteiger partial charge in [0, 0.05) is 37.2 Å². The molecule has 1 heterocycles. The number of halogens is 2. The van der Waals surface area contributed by atoms with Crippen molar-refractivity contribution in [3.8, 4) is 0 Å². The Kier molecular flexibility index (Phi) is 7.03. The molecule has 2 aromatic carbocycles. The number of benzene rings is 2. The zero-order valence-corrected chi connectivity index (χ0v) is 17.2. The second kappa shape index (κ2) is 9.70. The quantitative estimate of drug-likeness (QED) is 0.481. The van der Waals surface area contributed by atoms with Gasteiger partial charge in [-0.05, 0) is 71.9 Å². The van der Waals surface area contributed by atoms with Crippen molar-refractivity contribution in [2.24, 2.45) is 0 Å². The minimum atomic E-state index is -3.85. The molecule has 0 aliphatic rings. The van der Waals surface area contributed by atoms with Gasteiger partial charge in [0.25, 0.3) is 0 Å². The molecule has 0 atom stereocenters. The summed E-state index contributed by atoms with van der Waals surface area (Å²) in [5.41, 5.74) is 1.80. The number of rotatable bonds is 7. The smallest absolute Gasteiger partial charge is 0.240 e. The van der Waals surface area contributed by atoms with E-state index in [0.29, 0.717) is 17.3 Å². The second-order valence-corrected chi connectivity index (χ2v) is 8.46. The highest BCUT2D eigenvalue weighted by atomic mass is 32.2. The van der Waals surface area contributed by atoms with Crippen LogP contribution in [0.1, 0.15) is 11.1 Å². The van der Waals surface area contributed by atoms with Crippen LogP contribution in [0.5, 0.6) is 0 Å². The molecule has 30 heavy (non-hydrogen) atoms. The van der Waals surface area contributed by atoms with Crippen LogP contribution in [0.2, 0.25) is 0 Å². The number of thiocarbonyl (C=S) groups is 1. The van der Waals surface area contributed by atoms with E-state index in [1.165, 1.54) is 12.1 Å². The molecule has 3 aromatic rings. The Morgan fingerprint density at radius 2 is 1.53 bits per heavy atom. The molecule has 1 aromatic heterocycles. The van der Waals surface area contributed by atoms with E-state index in [-0.39, 0.29) is 17.0 Å². The van der Waals surface area contributed by atoms with Gasteiger partial charge in [-0.3, -0.25) is 4.98 Å². The van der Waals surface area contributed by atoms with Gasteiger partial charge < -0.3 is 10.6 Å². The summed E-state index contributed by atoms with van der Waals surface area (Å²) < 4.78 is 53.6. The molecule has 0 fully saturated rings. The third-order valence-corrected chi connectivity index (χ3v) is 5.68. The number of nitrogens with one attached hydrogen (secondary N) is 3. The van der Waals surface area contributed by atoms with Crippen molar-refractivity contribution in [1.82, 2.24) is 15.0 Å². The van der Waals surface area contributed by atoms with Gasteiger partial charge >= 0.3 is 0 Å². The lowest BCUT2D eigenvalue weighted by Crippen LogP contribution is -2.28. The standard InChI is InChI=1S/C20H18F2N4O2S2/c21-16-9-15(10-17(22)11-16)13-25-30(27,28)19-3-1-18(2-4-19)26-20(29)24-12-14-5-7-23-8-6-14/h1-11,25H,12-13H2,(H2,24,26,29). The van der Waals surface area contributed by atoms with E-state index in [4.69, 9.17) is 12.2 Å². The zero-order chi connectivity index (χ0) is 21.6. The van der Waals surface area contributed by atoms with Crippen LogP contribution in [-0.4, -0.2) is 18.5 Å². The average molecular weight is 449 g/mol. The van der Waals surface area contributed by atoms with Crippen LogP contribution in [0.4, 0.5) is 14.5 Å². The molecule has 0 aliphatic heterocycles. The summed E-state index contributed by atoms with van der Waals surface area (Å²) in [6.07, 6.45) is 3.37. The van der Waals surface area contributed by atoms with Crippen molar-refractivity contribution in [2.45, 2.75) is 18.0 Å². The molecule has 3 rings (SSSR count). The van der Waals surface area contributed by atoms with E-state index >= 15 is 0 Å². The molecule has 156 valence electrons. The second-order valence-electron chi connectivity index (χ2n) is 6.29. The van der Waals surface area contributed by atoms with Gasteiger partial charge in [0.15, 0.2) is 5.11 Å². The van der Waals surface area contributed by atoms with Crippen LogP contribution in [0.25, 0.3) is 0 Å². The minimum absolute atomic E-state index is 0.0144. The van der Waals surface area contributed by atoms with Crippen LogP contribution in [0.3, 0.4) is 0 Å². The van der Waals surface area contributed by atoms with Gasteiger partial charge in [-0.2, -0.15) is 0 Å². The minimum Gasteiger partial charge on any atom is -0.358 e. The summed E-state index contributed by atoms with van der Waals surface area (Å²) in [4.78, 5) is 3.96. The highest BCUT2D eigenvalue weighted by Gasteiger charge is 2.14. The Morgan fingerprint density at radius 1 is 0.900 bits per heavy atom. The summed E-state index contributed by atoms with van der Waals surface area (Å²) in [6, 6.07) is 12.5. The van der Waals surface area contributed by atoms with Crippen molar-refractivity contribution >= 4 is 33.0 Å². The maximum absolute atomic E-state index is 13.2. The van der Waals surface area contributed by atoms with Gasteiger partial charge in [0.05, 0.1) is 4.90 Å². The summed E-state index contributed by atoms with van der Waals surface area (Å²) in [5.74, 6) is -1.54. The molecule has 0 unspecified atom stereocenters. The lowest BCUT2D eigenvalue weighted by molar-refractivity contribution is 0.571. The van der Waals surface area contributed by atoms with Crippen molar-refractivity contribution in [3.05, 3.63) is 89.8 Å². The first-order valence-corrected chi connectivity index (χ1v) is 10.7. The Morgan fingerprint density at radius 3 is 2.17 bits per heavy atom. The van der Waals surface area contributed by atoms with Gasteiger partial charge in [0.2, 0.25) is 10.0 Å². The topological polar surface area (TPSA) is 83.1 Å². The summed E-state index contributed by atoms with van der Waals surface area (Å²) in [5, 5.41) is 6.39. The Bertz CT molecular complexity index is 1110.